The van der Waals surface area contributed by atoms with Crippen LogP contribution in [0.2, 0.25) is 0 Å². The van der Waals surface area contributed by atoms with Crippen LogP contribution in [-0.4, -0.2) is 66.7 Å². The minimum Gasteiger partial charge on any atom is -0.493 e. The van der Waals surface area contributed by atoms with Crippen LogP contribution in [-0.2, 0) is 14.3 Å². The first kappa shape index (κ1) is 19.3. The Balaban J connectivity index is 1.52. The zero-order valence-electron chi connectivity index (χ0n) is 17.4. The van der Waals surface area contributed by atoms with E-state index in [9.17, 15) is 9.90 Å². The van der Waals surface area contributed by atoms with Crippen molar-refractivity contribution in [1.82, 2.24) is 4.90 Å². The van der Waals surface area contributed by atoms with Gasteiger partial charge in [0.15, 0.2) is 5.78 Å². The number of ketones is 1. The highest BCUT2D eigenvalue weighted by atomic mass is 16.5. The number of aliphatic imine (C=N–C) groups is 1. The van der Waals surface area contributed by atoms with Gasteiger partial charge in [0.05, 0.1) is 30.2 Å². The molecule has 4 atom stereocenters. The number of hydrogen-bond acceptors (Lipinski definition) is 6. The van der Waals surface area contributed by atoms with Gasteiger partial charge in [-0.15, -0.1) is 0 Å². The van der Waals surface area contributed by atoms with E-state index in [1.807, 2.05) is 0 Å². The average Bonchev–Trinajstić information content (AvgIpc) is 3.31. The molecule has 158 valence electrons. The second kappa shape index (κ2) is 7.55. The Morgan fingerprint density at radius 2 is 2.17 bits per heavy atom. The summed E-state index contributed by atoms with van der Waals surface area (Å²) in [7, 11) is 1.60. The van der Waals surface area contributed by atoms with Crippen molar-refractivity contribution in [2.75, 3.05) is 26.7 Å². The first-order valence-corrected chi connectivity index (χ1v) is 11.3. The molecule has 0 aromatic carbocycles. The molecule has 1 saturated heterocycles. The number of likely N-dealkylation sites (tertiary alicyclic amines) is 1. The molecular weight excluding hydrogens is 368 g/mol. The van der Waals surface area contributed by atoms with Crippen LogP contribution < -0.4 is 0 Å². The third-order valence-corrected chi connectivity index (χ3v) is 7.47. The summed E-state index contributed by atoms with van der Waals surface area (Å²) in [5.41, 5.74) is 1.57. The summed E-state index contributed by atoms with van der Waals surface area (Å²) < 4.78 is 12.0. The third kappa shape index (κ3) is 3.25. The molecule has 3 heterocycles. The smallest absolute Gasteiger partial charge is 0.219 e. The van der Waals surface area contributed by atoms with Gasteiger partial charge in [0, 0.05) is 31.4 Å². The van der Waals surface area contributed by atoms with Crippen LogP contribution in [0, 0.1) is 5.41 Å². The fourth-order valence-corrected chi connectivity index (χ4v) is 6.11. The molecule has 1 spiro atoms. The number of Topliss-reactive ketones (excluding diaryl/α,β-unsaturated/α-hetero) is 1. The van der Waals surface area contributed by atoms with Crippen LogP contribution >= 0.6 is 0 Å². The highest BCUT2D eigenvalue weighted by Crippen LogP contribution is 2.57. The van der Waals surface area contributed by atoms with E-state index in [0.717, 1.165) is 51.1 Å². The number of nitrogens with zero attached hydrogens (tertiary/aromatic N) is 2. The number of rotatable bonds is 4. The molecule has 5 aliphatic rings. The largest absolute Gasteiger partial charge is 0.493 e. The van der Waals surface area contributed by atoms with Crippen molar-refractivity contribution in [1.29, 1.82) is 0 Å². The summed E-state index contributed by atoms with van der Waals surface area (Å²) in [6, 6.07) is -0.160. The zero-order chi connectivity index (χ0) is 20.0. The van der Waals surface area contributed by atoms with Crippen molar-refractivity contribution in [3.63, 3.8) is 0 Å². The van der Waals surface area contributed by atoms with Gasteiger partial charge in [0.2, 0.25) is 5.90 Å². The molecule has 6 nitrogen and oxygen atoms in total. The standard InChI is InChI=1S/C23H32N2O4/c1-28-22-16(18(27)7-11-25-9-4-5-10-25)14-23-8-3-2-6-20(23)29-19-13-15(26)12-17(24-22)21(19)23/h14-15,17,20,26H,2-13H2,1H3/t15-,17+,20+,23?/m0/s1. The van der Waals surface area contributed by atoms with Crippen molar-refractivity contribution in [3.8, 4) is 0 Å². The predicted molar refractivity (Wildman–Crippen MR) is 110 cm³/mol. The maximum absolute atomic E-state index is 13.3. The average molecular weight is 401 g/mol. The Morgan fingerprint density at radius 3 is 2.97 bits per heavy atom. The van der Waals surface area contributed by atoms with E-state index >= 15 is 0 Å². The van der Waals surface area contributed by atoms with E-state index in [4.69, 9.17) is 14.5 Å². The number of aliphatic hydroxyl groups is 1. The quantitative estimate of drug-likeness (QED) is 0.786. The molecule has 0 aromatic rings. The summed E-state index contributed by atoms with van der Waals surface area (Å²) >= 11 is 0. The molecule has 1 unspecified atom stereocenters. The van der Waals surface area contributed by atoms with E-state index in [-0.39, 0.29) is 23.3 Å². The molecular formula is C23H32N2O4. The minimum absolute atomic E-state index is 0.0573. The summed E-state index contributed by atoms with van der Waals surface area (Å²) in [5.74, 6) is 1.47. The van der Waals surface area contributed by atoms with Crippen molar-refractivity contribution < 1.29 is 19.4 Å². The number of carbonyl (C=O) groups is 1. The van der Waals surface area contributed by atoms with E-state index < -0.39 is 6.10 Å². The normalized spacial score (nSPS) is 36.6. The molecule has 3 aliphatic heterocycles. The van der Waals surface area contributed by atoms with Crippen LogP contribution in [0.1, 0.15) is 57.8 Å². The molecule has 2 aliphatic carbocycles. The second-order valence-electron chi connectivity index (χ2n) is 9.26. The van der Waals surface area contributed by atoms with E-state index in [2.05, 4.69) is 11.0 Å². The summed E-state index contributed by atoms with van der Waals surface area (Å²) in [5, 5.41) is 10.4. The Labute approximate surface area is 172 Å². The van der Waals surface area contributed by atoms with Crippen LogP contribution in [0.3, 0.4) is 0 Å². The maximum Gasteiger partial charge on any atom is 0.219 e. The van der Waals surface area contributed by atoms with Crippen molar-refractivity contribution in [2.24, 2.45) is 10.4 Å². The number of hydrogen-bond donors (Lipinski definition) is 1. The highest BCUT2D eigenvalue weighted by Gasteiger charge is 2.56. The lowest BCUT2D eigenvalue weighted by Gasteiger charge is -2.39. The molecule has 6 heteroatoms. The van der Waals surface area contributed by atoms with Crippen LogP contribution in [0.25, 0.3) is 0 Å². The number of ether oxygens (including phenoxy) is 2. The fourth-order valence-electron chi connectivity index (χ4n) is 6.11. The summed E-state index contributed by atoms with van der Waals surface area (Å²) in [6.45, 7) is 2.98. The van der Waals surface area contributed by atoms with Crippen molar-refractivity contribution in [3.05, 3.63) is 23.0 Å². The monoisotopic (exact) mass is 400 g/mol. The van der Waals surface area contributed by atoms with Gasteiger partial charge in [0.25, 0.3) is 0 Å². The Bertz CT molecular complexity index is 780. The van der Waals surface area contributed by atoms with Crippen molar-refractivity contribution >= 4 is 11.7 Å². The lowest BCUT2D eigenvalue weighted by atomic mass is 9.64. The van der Waals surface area contributed by atoms with Gasteiger partial charge in [-0.25, -0.2) is 4.99 Å². The van der Waals surface area contributed by atoms with E-state index in [0.29, 0.717) is 30.7 Å². The Kier molecular flexibility index (Phi) is 5.03. The van der Waals surface area contributed by atoms with Crippen molar-refractivity contribution in [2.45, 2.75) is 76.0 Å². The summed E-state index contributed by atoms with van der Waals surface area (Å²) in [6.07, 6.45) is 10.1. The highest BCUT2D eigenvalue weighted by molar-refractivity contribution is 6.19. The maximum atomic E-state index is 13.3. The molecule has 0 radical (unpaired) electrons. The lowest BCUT2D eigenvalue weighted by Crippen LogP contribution is -2.39. The zero-order valence-corrected chi connectivity index (χ0v) is 17.4. The number of methoxy groups -OCH3 is 1. The van der Waals surface area contributed by atoms with Gasteiger partial charge >= 0.3 is 0 Å². The van der Waals surface area contributed by atoms with Gasteiger partial charge in [-0.05, 0) is 45.2 Å². The molecule has 5 rings (SSSR count). The van der Waals surface area contributed by atoms with Crippen LogP contribution in [0.5, 0.6) is 0 Å². The number of aliphatic hydroxyl groups excluding tert-OH is 1. The lowest BCUT2D eigenvalue weighted by molar-refractivity contribution is -0.115. The van der Waals surface area contributed by atoms with Gasteiger partial charge in [-0.1, -0.05) is 12.5 Å². The third-order valence-electron chi connectivity index (χ3n) is 7.47. The van der Waals surface area contributed by atoms with Gasteiger partial charge in [0.1, 0.15) is 11.9 Å². The predicted octanol–water partition coefficient (Wildman–Crippen LogP) is 2.76. The Morgan fingerprint density at radius 1 is 1.34 bits per heavy atom. The first-order valence-electron chi connectivity index (χ1n) is 11.3. The molecule has 0 bridgehead atoms. The van der Waals surface area contributed by atoms with Gasteiger partial charge in [-0.2, -0.15) is 0 Å². The molecule has 29 heavy (non-hydrogen) atoms. The van der Waals surface area contributed by atoms with Gasteiger partial charge in [-0.3, -0.25) is 4.79 Å². The van der Waals surface area contributed by atoms with Crippen LogP contribution in [0.15, 0.2) is 28.0 Å². The second-order valence-corrected chi connectivity index (χ2v) is 9.26. The van der Waals surface area contributed by atoms with E-state index in [1.54, 1.807) is 7.11 Å². The fraction of sp³-hybridized carbons (Fsp3) is 0.739. The molecule has 0 aromatic heterocycles. The molecule has 0 amide bonds. The number of carbonyl (C=O) groups excluding carboxylic acids is 1. The minimum atomic E-state index is -0.453. The topological polar surface area (TPSA) is 71.4 Å². The van der Waals surface area contributed by atoms with Crippen LogP contribution in [0.4, 0.5) is 0 Å². The first-order chi connectivity index (χ1) is 14.1. The summed E-state index contributed by atoms with van der Waals surface area (Å²) in [4.78, 5) is 20.6. The Hall–Kier alpha value is -1.66. The molecule has 2 fully saturated rings. The van der Waals surface area contributed by atoms with E-state index in [1.165, 1.54) is 18.4 Å². The molecule has 1 N–H and O–H groups in total. The SMILES string of the molecule is COC1=N[C@@H]2C[C@H](O)CC3=C2C2(C=C1C(=O)CCN1CCCC1)CCCC[C@H]2O3. The van der Waals surface area contributed by atoms with Gasteiger partial charge < -0.3 is 19.5 Å². The molecule has 1 saturated carbocycles.